The van der Waals surface area contributed by atoms with Crippen LogP contribution in [0.5, 0.6) is 0 Å². The molecule has 0 aliphatic heterocycles. The van der Waals surface area contributed by atoms with E-state index in [1.54, 1.807) is 0 Å². The zero-order valence-electron chi connectivity index (χ0n) is 6.25. The van der Waals surface area contributed by atoms with Crippen molar-refractivity contribution in [3.05, 3.63) is 0 Å². The molecule has 0 spiro atoms. The molecule has 0 heterocycles. The van der Waals surface area contributed by atoms with Gasteiger partial charge in [-0.3, -0.25) is 4.18 Å². The Morgan fingerprint density at radius 3 is 2.50 bits per heavy atom. The predicted octanol–water partition coefficient (Wildman–Crippen LogP) is 0.523. The summed E-state index contributed by atoms with van der Waals surface area (Å²) < 4.78 is 25.6. The van der Waals surface area contributed by atoms with Crippen LogP contribution >= 0.6 is 0 Å². The van der Waals surface area contributed by atoms with Crippen molar-refractivity contribution in [2.75, 3.05) is 12.9 Å². The molecule has 0 aliphatic carbocycles. The molecule has 5 heteroatoms. The Hall–Kier alpha value is 0.127. The van der Waals surface area contributed by atoms with Gasteiger partial charge in [0, 0.05) is 9.52 Å². The molecule has 0 bridgehead atoms. The Bertz CT molecular complexity index is 164. The van der Waals surface area contributed by atoms with E-state index >= 15 is 0 Å². The molecule has 0 saturated carbocycles. The van der Waals surface area contributed by atoms with Crippen LogP contribution in [0.25, 0.3) is 0 Å². The molecular weight excluding hydrogens is 168 g/mol. The van der Waals surface area contributed by atoms with Gasteiger partial charge in [0.25, 0.3) is 10.1 Å². The SMILES string of the molecule is COS(=O)(=O)CCC[Si]C. The summed E-state index contributed by atoms with van der Waals surface area (Å²) in [4.78, 5) is 0. The molecule has 0 amide bonds. The fraction of sp³-hybridized carbons (Fsp3) is 1.00. The summed E-state index contributed by atoms with van der Waals surface area (Å²) in [6.07, 6.45) is 0.713. The molecule has 0 rings (SSSR count). The van der Waals surface area contributed by atoms with Crippen LogP contribution in [-0.2, 0) is 14.3 Å². The highest BCUT2D eigenvalue weighted by Crippen LogP contribution is 1.96. The van der Waals surface area contributed by atoms with E-state index in [1.165, 1.54) is 7.11 Å². The lowest BCUT2D eigenvalue weighted by molar-refractivity contribution is 0.397. The molecule has 0 aromatic heterocycles. The van der Waals surface area contributed by atoms with Crippen LogP contribution in [0.15, 0.2) is 0 Å². The molecule has 10 heavy (non-hydrogen) atoms. The van der Waals surface area contributed by atoms with Gasteiger partial charge in [0.15, 0.2) is 0 Å². The van der Waals surface area contributed by atoms with Gasteiger partial charge in [-0.1, -0.05) is 12.6 Å². The van der Waals surface area contributed by atoms with Gasteiger partial charge in [0.1, 0.15) is 0 Å². The lowest BCUT2D eigenvalue weighted by Gasteiger charge is -1.98. The summed E-state index contributed by atoms with van der Waals surface area (Å²) in [5, 5.41) is 0. The van der Waals surface area contributed by atoms with Gasteiger partial charge < -0.3 is 0 Å². The van der Waals surface area contributed by atoms with Gasteiger partial charge >= 0.3 is 0 Å². The Morgan fingerprint density at radius 2 is 2.10 bits per heavy atom. The van der Waals surface area contributed by atoms with Crippen molar-refractivity contribution < 1.29 is 12.6 Å². The average molecular weight is 180 g/mol. The molecule has 0 N–H and O–H groups in total. The third-order valence-corrected chi connectivity index (χ3v) is 3.23. The summed E-state index contributed by atoms with van der Waals surface area (Å²) in [6.45, 7) is 2.05. The third-order valence-electron chi connectivity index (χ3n) is 1.08. The highest BCUT2D eigenvalue weighted by atomic mass is 32.2. The molecule has 0 saturated heterocycles. The zero-order valence-corrected chi connectivity index (χ0v) is 8.07. The van der Waals surface area contributed by atoms with E-state index in [-0.39, 0.29) is 5.75 Å². The van der Waals surface area contributed by atoms with E-state index in [1.807, 2.05) is 0 Å². The molecule has 60 valence electrons. The topological polar surface area (TPSA) is 43.4 Å². The first-order valence-corrected chi connectivity index (χ1v) is 6.33. The summed E-state index contributed by atoms with van der Waals surface area (Å²) in [6, 6.07) is 0.975. The standard InChI is InChI=1S/C5H12O3SSi/c1-8-9(6,7)4-3-5-10-2/h3-5H2,1-2H3. The summed E-state index contributed by atoms with van der Waals surface area (Å²) in [5.41, 5.74) is 0. The minimum atomic E-state index is -3.19. The molecule has 0 aliphatic rings. The van der Waals surface area contributed by atoms with Crippen LogP contribution in [0.2, 0.25) is 12.6 Å². The maximum absolute atomic E-state index is 10.7. The van der Waals surface area contributed by atoms with Crippen molar-refractivity contribution in [1.82, 2.24) is 0 Å². The van der Waals surface area contributed by atoms with E-state index in [2.05, 4.69) is 10.7 Å². The van der Waals surface area contributed by atoms with Crippen LogP contribution in [0, 0.1) is 0 Å². The Kier molecular flexibility index (Phi) is 4.93. The van der Waals surface area contributed by atoms with Crippen molar-refractivity contribution in [2.45, 2.75) is 19.0 Å². The minimum absolute atomic E-state index is 0.157. The van der Waals surface area contributed by atoms with Crippen LogP contribution in [-0.4, -0.2) is 30.8 Å². The fourth-order valence-corrected chi connectivity index (χ4v) is 1.96. The van der Waals surface area contributed by atoms with Crippen LogP contribution < -0.4 is 0 Å². The zero-order chi connectivity index (χ0) is 8.04. The first kappa shape index (κ1) is 10.1. The van der Waals surface area contributed by atoms with Gasteiger partial charge in [0.2, 0.25) is 0 Å². The lowest BCUT2D eigenvalue weighted by atomic mass is 10.6. The second kappa shape index (κ2) is 4.87. The van der Waals surface area contributed by atoms with Crippen molar-refractivity contribution in [1.29, 1.82) is 0 Å². The second-order valence-electron chi connectivity index (χ2n) is 1.89. The summed E-state index contributed by atoms with van der Waals surface area (Å²) in [7, 11) is -1.16. The quantitative estimate of drug-likeness (QED) is 0.352. The minimum Gasteiger partial charge on any atom is -0.273 e. The van der Waals surface area contributed by atoms with Gasteiger partial charge in [-0.2, -0.15) is 8.42 Å². The van der Waals surface area contributed by atoms with Crippen molar-refractivity contribution in [3.63, 3.8) is 0 Å². The van der Waals surface area contributed by atoms with Crippen LogP contribution in [0.3, 0.4) is 0 Å². The lowest BCUT2D eigenvalue weighted by Crippen LogP contribution is -2.07. The maximum atomic E-state index is 10.7. The Morgan fingerprint density at radius 1 is 1.50 bits per heavy atom. The van der Waals surface area contributed by atoms with Crippen molar-refractivity contribution >= 4 is 19.6 Å². The van der Waals surface area contributed by atoms with Crippen LogP contribution in [0.1, 0.15) is 6.42 Å². The molecule has 0 aromatic carbocycles. The summed E-state index contributed by atoms with van der Waals surface area (Å²) >= 11 is 0. The van der Waals surface area contributed by atoms with E-state index < -0.39 is 10.1 Å². The molecular formula is C5H12O3SSi. The molecule has 2 radical (unpaired) electrons. The first-order valence-electron chi connectivity index (χ1n) is 3.05. The number of hydrogen-bond acceptors (Lipinski definition) is 3. The van der Waals surface area contributed by atoms with Gasteiger partial charge in [-0.25, -0.2) is 0 Å². The smallest absolute Gasteiger partial charge is 0.267 e. The summed E-state index contributed by atoms with van der Waals surface area (Å²) in [5.74, 6) is 0.157. The van der Waals surface area contributed by atoms with Gasteiger partial charge in [-0.15, -0.1) is 0 Å². The van der Waals surface area contributed by atoms with E-state index in [4.69, 9.17) is 0 Å². The monoisotopic (exact) mass is 180 g/mol. The van der Waals surface area contributed by atoms with Gasteiger partial charge in [-0.05, 0) is 6.42 Å². The van der Waals surface area contributed by atoms with Crippen molar-refractivity contribution in [2.24, 2.45) is 0 Å². The highest BCUT2D eigenvalue weighted by Gasteiger charge is 2.05. The molecule has 0 fully saturated rings. The normalized spacial score (nSPS) is 11.8. The Balaban J connectivity index is 3.49. The van der Waals surface area contributed by atoms with E-state index in [0.717, 1.165) is 15.6 Å². The maximum Gasteiger partial charge on any atom is 0.267 e. The highest BCUT2D eigenvalue weighted by molar-refractivity contribution is 7.86. The van der Waals surface area contributed by atoms with E-state index in [9.17, 15) is 8.42 Å². The number of hydrogen-bond donors (Lipinski definition) is 0. The van der Waals surface area contributed by atoms with Crippen molar-refractivity contribution in [3.8, 4) is 0 Å². The van der Waals surface area contributed by atoms with Gasteiger partial charge in [0.05, 0.1) is 12.9 Å². The third kappa shape index (κ3) is 4.96. The Labute approximate surface area is 64.7 Å². The largest absolute Gasteiger partial charge is 0.273 e. The molecule has 0 aromatic rings. The number of rotatable bonds is 5. The van der Waals surface area contributed by atoms with E-state index in [0.29, 0.717) is 6.42 Å². The molecule has 0 unspecified atom stereocenters. The molecule has 3 nitrogen and oxygen atoms in total. The van der Waals surface area contributed by atoms with Crippen LogP contribution in [0.4, 0.5) is 0 Å². The second-order valence-corrected chi connectivity index (χ2v) is 4.95. The average Bonchev–Trinajstić information content (AvgIpc) is 1.89. The first-order chi connectivity index (χ1) is 4.62. The predicted molar refractivity (Wildman–Crippen MR) is 41.8 cm³/mol. The fourth-order valence-electron chi connectivity index (χ4n) is 0.509. The molecule has 0 atom stereocenters.